The van der Waals surface area contributed by atoms with Crippen LogP contribution in [0.5, 0.6) is 0 Å². The second-order valence-electron chi connectivity index (χ2n) is 6.63. The Labute approximate surface area is 153 Å². The van der Waals surface area contributed by atoms with E-state index >= 15 is 0 Å². The highest BCUT2D eigenvalue weighted by molar-refractivity contribution is 7.85. The van der Waals surface area contributed by atoms with Crippen LogP contribution in [0.1, 0.15) is 23.5 Å². The SMILES string of the molecule is Cc1ccc(S(=O)(=O)O)cc1.Clc1ccc(C2CC3CNCC32)cn1. The van der Waals surface area contributed by atoms with Crippen molar-refractivity contribution in [1.29, 1.82) is 0 Å². The van der Waals surface area contributed by atoms with Crippen molar-refractivity contribution in [2.24, 2.45) is 11.8 Å². The molecule has 2 aliphatic rings. The highest BCUT2D eigenvalue weighted by Crippen LogP contribution is 2.48. The molecule has 1 saturated carbocycles. The number of nitrogens with zero attached hydrogens (tertiary/aromatic N) is 1. The minimum atomic E-state index is -4.02. The first kappa shape index (κ1) is 18.3. The van der Waals surface area contributed by atoms with Gasteiger partial charge in [0.25, 0.3) is 10.1 Å². The van der Waals surface area contributed by atoms with Gasteiger partial charge in [0, 0.05) is 6.20 Å². The Morgan fingerprint density at radius 1 is 1.16 bits per heavy atom. The first-order valence-electron chi connectivity index (χ1n) is 8.21. The van der Waals surface area contributed by atoms with Crippen LogP contribution in [0.4, 0.5) is 0 Å². The molecule has 2 fully saturated rings. The van der Waals surface area contributed by atoms with Gasteiger partial charge in [-0.25, -0.2) is 4.98 Å². The summed E-state index contributed by atoms with van der Waals surface area (Å²) in [5.41, 5.74) is 2.32. The lowest BCUT2D eigenvalue weighted by molar-refractivity contribution is 0.191. The van der Waals surface area contributed by atoms with Gasteiger partial charge in [0.15, 0.2) is 0 Å². The zero-order chi connectivity index (χ0) is 18.0. The molecular formula is C18H21ClN2O3S. The summed E-state index contributed by atoms with van der Waals surface area (Å²) in [6.07, 6.45) is 3.25. The zero-order valence-electron chi connectivity index (χ0n) is 13.9. The molecule has 2 heterocycles. The van der Waals surface area contributed by atoms with E-state index in [2.05, 4.69) is 16.4 Å². The third kappa shape index (κ3) is 4.39. The maximum atomic E-state index is 10.5. The van der Waals surface area contributed by atoms with Crippen LogP contribution in [0, 0.1) is 18.8 Å². The zero-order valence-corrected chi connectivity index (χ0v) is 15.5. The molecule has 1 saturated heterocycles. The van der Waals surface area contributed by atoms with E-state index in [0.29, 0.717) is 5.15 Å². The molecular weight excluding hydrogens is 360 g/mol. The van der Waals surface area contributed by atoms with Crippen molar-refractivity contribution in [3.63, 3.8) is 0 Å². The number of pyridine rings is 1. The van der Waals surface area contributed by atoms with Gasteiger partial charge in [-0.1, -0.05) is 35.4 Å². The molecule has 1 aromatic heterocycles. The highest BCUT2D eigenvalue weighted by Gasteiger charge is 2.44. The normalized spacial score (nSPS) is 24.7. The quantitative estimate of drug-likeness (QED) is 0.617. The van der Waals surface area contributed by atoms with Gasteiger partial charge < -0.3 is 5.32 Å². The van der Waals surface area contributed by atoms with Crippen LogP contribution in [0.2, 0.25) is 5.15 Å². The summed E-state index contributed by atoms with van der Waals surface area (Å²) >= 11 is 5.77. The highest BCUT2D eigenvalue weighted by atomic mass is 35.5. The molecule has 1 aliphatic carbocycles. The Morgan fingerprint density at radius 3 is 2.44 bits per heavy atom. The largest absolute Gasteiger partial charge is 0.316 e. The van der Waals surface area contributed by atoms with E-state index in [1.807, 2.05) is 19.2 Å². The summed E-state index contributed by atoms with van der Waals surface area (Å²) < 4.78 is 29.6. The molecule has 0 amide bonds. The summed E-state index contributed by atoms with van der Waals surface area (Å²) in [7, 11) is -4.02. The molecule has 134 valence electrons. The number of hydrogen-bond donors (Lipinski definition) is 2. The van der Waals surface area contributed by atoms with Gasteiger partial charge >= 0.3 is 0 Å². The number of hydrogen-bond acceptors (Lipinski definition) is 4. The van der Waals surface area contributed by atoms with Gasteiger partial charge in [0.1, 0.15) is 5.15 Å². The molecule has 0 radical (unpaired) electrons. The van der Waals surface area contributed by atoms with Crippen LogP contribution in [0.25, 0.3) is 0 Å². The Bertz CT molecular complexity index is 822. The monoisotopic (exact) mass is 380 g/mol. The van der Waals surface area contributed by atoms with E-state index in [1.165, 1.54) is 37.2 Å². The van der Waals surface area contributed by atoms with Gasteiger partial charge in [-0.05, 0) is 68.0 Å². The molecule has 2 aromatic rings. The Morgan fingerprint density at radius 2 is 1.88 bits per heavy atom. The molecule has 0 bridgehead atoms. The number of rotatable bonds is 2. The number of fused-ring (bicyclic) bond motifs is 1. The molecule has 25 heavy (non-hydrogen) atoms. The minimum Gasteiger partial charge on any atom is -0.316 e. The summed E-state index contributed by atoms with van der Waals surface area (Å²) in [6, 6.07) is 10.0. The molecule has 3 atom stereocenters. The van der Waals surface area contributed by atoms with E-state index in [-0.39, 0.29) is 4.90 Å². The average Bonchev–Trinajstić information content (AvgIpc) is 2.90. The molecule has 0 spiro atoms. The van der Waals surface area contributed by atoms with E-state index in [9.17, 15) is 8.42 Å². The van der Waals surface area contributed by atoms with Crippen molar-refractivity contribution < 1.29 is 13.0 Å². The second-order valence-corrected chi connectivity index (χ2v) is 8.44. The Hall–Kier alpha value is -1.47. The lowest BCUT2D eigenvalue weighted by atomic mass is 9.64. The molecule has 7 heteroatoms. The summed E-state index contributed by atoms with van der Waals surface area (Å²) in [5, 5.41) is 4.04. The molecule has 4 rings (SSSR count). The Kier molecular flexibility index (Phi) is 5.43. The number of benzene rings is 1. The van der Waals surface area contributed by atoms with E-state index in [0.717, 1.165) is 23.3 Å². The second kappa shape index (κ2) is 7.41. The fourth-order valence-corrected chi connectivity index (χ4v) is 4.08. The van der Waals surface area contributed by atoms with Crippen LogP contribution < -0.4 is 5.32 Å². The van der Waals surface area contributed by atoms with E-state index in [4.69, 9.17) is 16.2 Å². The van der Waals surface area contributed by atoms with Gasteiger partial charge in [-0.2, -0.15) is 8.42 Å². The van der Waals surface area contributed by atoms with Gasteiger partial charge in [0.05, 0.1) is 4.90 Å². The van der Waals surface area contributed by atoms with Crippen LogP contribution in [-0.4, -0.2) is 31.0 Å². The van der Waals surface area contributed by atoms with E-state index < -0.39 is 10.1 Å². The molecule has 1 aromatic carbocycles. The van der Waals surface area contributed by atoms with Crippen molar-refractivity contribution in [3.8, 4) is 0 Å². The Balaban J connectivity index is 0.000000151. The van der Waals surface area contributed by atoms with Crippen LogP contribution in [0.3, 0.4) is 0 Å². The maximum Gasteiger partial charge on any atom is 0.294 e. The average molecular weight is 381 g/mol. The van der Waals surface area contributed by atoms with Crippen molar-refractivity contribution in [3.05, 3.63) is 58.9 Å². The fourth-order valence-electron chi connectivity index (χ4n) is 3.49. The van der Waals surface area contributed by atoms with E-state index in [1.54, 1.807) is 12.1 Å². The number of aryl methyl sites for hydroxylation is 1. The topological polar surface area (TPSA) is 79.3 Å². The van der Waals surface area contributed by atoms with Crippen LogP contribution >= 0.6 is 11.6 Å². The standard InChI is InChI=1S/C11H13ClN2.C7H8O3S/c12-11-2-1-7(5-14-11)9-3-8-4-13-6-10(8)9;1-6-2-4-7(5-3-6)11(8,9)10/h1-2,5,8-10,13H,3-4,6H2;2-5H,1H3,(H,8,9,10). The fraction of sp³-hybridized carbons (Fsp3) is 0.389. The third-order valence-electron chi connectivity index (χ3n) is 4.96. The minimum absolute atomic E-state index is 0.0666. The smallest absolute Gasteiger partial charge is 0.294 e. The van der Waals surface area contributed by atoms with Crippen molar-refractivity contribution in [2.75, 3.05) is 13.1 Å². The number of nitrogens with one attached hydrogen (secondary N) is 1. The summed E-state index contributed by atoms with van der Waals surface area (Å²) in [6.45, 7) is 4.23. The number of halogens is 1. The van der Waals surface area contributed by atoms with Crippen molar-refractivity contribution in [1.82, 2.24) is 10.3 Å². The third-order valence-corrected chi connectivity index (χ3v) is 6.05. The molecule has 3 unspecified atom stereocenters. The predicted octanol–water partition coefficient (Wildman–Crippen LogP) is 3.30. The molecule has 1 aliphatic heterocycles. The first-order valence-corrected chi connectivity index (χ1v) is 10.0. The molecule has 5 nitrogen and oxygen atoms in total. The predicted molar refractivity (Wildman–Crippen MR) is 97.4 cm³/mol. The van der Waals surface area contributed by atoms with Crippen LogP contribution in [0.15, 0.2) is 47.5 Å². The van der Waals surface area contributed by atoms with Crippen LogP contribution in [-0.2, 0) is 10.1 Å². The lowest BCUT2D eigenvalue weighted by Gasteiger charge is -2.39. The lowest BCUT2D eigenvalue weighted by Crippen LogP contribution is -2.33. The van der Waals surface area contributed by atoms with Gasteiger partial charge in [0.2, 0.25) is 0 Å². The summed E-state index contributed by atoms with van der Waals surface area (Å²) in [5.74, 6) is 2.48. The first-order chi connectivity index (χ1) is 11.8. The molecule has 2 N–H and O–H groups in total. The number of aromatic nitrogens is 1. The van der Waals surface area contributed by atoms with Crippen molar-refractivity contribution >= 4 is 21.7 Å². The summed E-state index contributed by atoms with van der Waals surface area (Å²) in [4.78, 5) is 4.07. The van der Waals surface area contributed by atoms with Gasteiger partial charge in [-0.3, -0.25) is 4.55 Å². The van der Waals surface area contributed by atoms with Crippen molar-refractivity contribution in [2.45, 2.75) is 24.2 Å². The van der Waals surface area contributed by atoms with Gasteiger partial charge in [-0.15, -0.1) is 0 Å². The maximum absolute atomic E-state index is 10.5.